The van der Waals surface area contributed by atoms with Crippen LogP contribution in [0, 0.1) is 13.8 Å². The standard InChI is InChI=1S/C19H20N4O/c1-14-3-6-18(15(2)9-14)10-21-19(24)17-7-4-16(5-8-17)11-23-13-20-12-22-23/h3-9,12-13H,10-11H2,1-2H3,(H,21,24). The molecule has 0 radical (unpaired) electrons. The number of aromatic nitrogens is 3. The molecule has 122 valence electrons. The van der Waals surface area contributed by atoms with Gasteiger partial charge in [0.15, 0.2) is 0 Å². The van der Waals surface area contributed by atoms with Crippen molar-refractivity contribution >= 4 is 5.91 Å². The van der Waals surface area contributed by atoms with E-state index >= 15 is 0 Å². The van der Waals surface area contributed by atoms with Crippen LogP contribution in [-0.2, 0) is 13.1 Å². The molecule has 3 rings (SSSR count). The van der Waals surface area contributed by atoms with Crippen molar-refractivity contribution in [3.05, 3.63) is 82.9 Å². The maximum Gasteiger partial charge on any atom is 0.251 e. The molecule has 0 saturated heterocycles. The average molecular weight is 320 g/mol. The number of carbonyl (C=O) groups excluding carboxylic acids is 1. The fraction of sp³-hybridized carbons (Fsp3) is 0.211. The lowest BCUT2D eigenvalue weighted by Gasteiger charge is -2.09. The van der Waals surface area contributed by atoms with Crippen LogP contribution in [0.5, 0.6) is 0 Å². The highest BCUT2D eigenvalue weighted by molar-refractivity contribution is 5.94. The number of carbonyl (C=O) groups is 1. The largest absolute Gasteiger partial charge is 0.348 e. The Morgan fingerprint density at radius 3 is 2.58 bits per heavy atom. The molecule has 0 aliphatic rings. The monoisotopic (exact) mass is 320 g/mol. The Hall–Kier alpha value is -2.95. The van der Waals surface area contributed by atoms with Gasteiger partial charge < -0.3 is 5.32 Å². The van der Waals surface area contributed by atoms with Gasteiger partial charge in [-0.2, -0.15) is 5.10 Å². The van der Waals surface area contributed by atoms with Gasteiger partial charge in [0.25, 0.3) is 5.91 Å². The van der Waals surface area contributed by atoms with Crippen LogP contribution in [0.25, 0.3) is 0 Å². The summed E-state index contributed by atoms with van der Waals surface area (Å²) in [4.78, 5) is 16.2. The minimum absolute atomic E-state index is 0.0673. The minimum atomic E-state index is -0.0673. The molecule has 1 aromatic heterocycles. The SMILES string of the molecule is Cc1ccc(CNC(=O)c2ccc(Cn3cncn3)cc2)c(C)c1. The van der Waals surface area contributed by atoms with Crippen LogP contribution in [0.4, 0.5) is 0 Å². The van der Waals surface area contributed by atoms with Crippen molar-refractivity contribution in [3.63, 3.8) is 0 Å². The number of hydrogen-bond donors (Lipinski definition) is 1. The Morgan fingerprint density at radius 1 is 1.12 bits per heavy atom. The van der Waals surface area contributed by atoms with Gasteiger partial charge in [0.05, 0.1) is 6.54 Å². The summed E-state index contributed by atoms with van der Waals surface area (Å²) in [6, 6.07) is 13.8. The molecule has 24 heavy (non-hydrogen) atoms. The van der Waals surface area contributed by atoms with Gasteiger partial charge in [0.1, 0.15) is 12.7 Å². The number of benzene rings is 2. The molecule has 0 fully saturated rings. The van der Waals surface area contributed by atoms with E-state index in [4.69, 9.17) is 0 Å². The van der Waals surface area contributed by atoms with E-state index in [2.05, 4.69) is 47.4 Å². The maximum atomic E-state index is 12.3. The number of nitrogens with one attached hydrogen (secondary N) is 1. The van der Waals surface area contributed by atoms with Crippen molar-refractivity contribution < 1.29 is 4.79 Å². The van der Waals surface area contributed by atoms with Crippen LogP contribution >= 0.6 is 0 Å². The van der Waals surface area contributed by atoms with Gasteiger partial charge in [-0.05, 0) is 42.7 Å². The lowest BCUT2D eigenvalue weighted by atomic mass is 10.1. The summed E-state index contributed by atoms with van der Waals surface area (Å²) in [6.45, 7) is 5.31. The Balaban J connectivity index is 1.60. The number of rotatable bonds is 5. The Bertz CT molecular complexity index is 823. The number of aryl methyl sites for hydroxylation is 2. The first-order valence-electron chi connectivity index (χ1n) is 7.87. The normalized spacial score (nSPS) is 10.6. The molecule has 0 spiro atoms. The minimum Gasteiger partial charge on any atom is -0.348 e. The zero-order valence-electron chi connectivity index (χ0n) is 13.9. The second-order valence-corrected chi connectivity index (χ2v) is 5.90. The molecule has 0 bridgehead atoms. The van der Waals surface area contributed by atoms with Crippen molar-refractivity contribution in [1.82, 2.24) is 20.1 Å². The van der Waals surface area contributed by atoms with Crippen LogP contribution < -0.4 is 5.32 Å². The zero-order valence-corrected chi connectivity index (χ0v) is 13.9. The molecular formula is C19H20N4O. The van der Waals surface area contributed by atoms with Crippen molar-refractivity contribution in [2.45, 2.75) is 26.9 Å². The third-order valence-corrected chi connectivity index (χ3v) is 3.96. The van der Waals surface area contributed by atoms with Crippen LogP contribution in [0.3, 0.4) is 0 Å². The van der Waals surface area contributed by atoms with E-state index in [0.29, 0.717) is 18.7 Å². The Morgan fingerprint density at radius 2 is 1.92 bits per heavy atom. The predicted octanol–water partition coefficient (Wildman–Crippen LogP) is 2.87. The van der Waals surface area contributed by atoms with E-state index in [1.807, 2.05) is 24.3 Å². The van der Waals surface area contributed by atoms with Crippen LogP contribution in [-0.4, -0.2) is 20.7 Å². The summed E-state index contributed by atoms with van der Waals surface area (Å²) in [5, 5.41) is 7.05. The van der Waals surface area contributed by atoms with Gasteiger partial charge in [0, 0.05) is 12.1 Å². The lowest BCUT2D eigenvalue weighted by Crippen LogP contribution is -2.23. The number of nitrogens with zero attached hydrogens (tertiary/aromatic N) is 3. The first-order valence-corrected chi connectivity index (χ1v) is 7.87. The predicted molar refractivity (Wildman–Crippen MR) is 92.7 cm³/mol. The lowest BCUT2D eigenvalue weighted by molar-refractivity contribution is 0.0951. The summed E-state index contributed by atoms with van der Waals surface area (Å²) in [5.41, 5.74) is 5.29. The number of hydrogen-bond acceptors (Lipinski definition) is 3. The summed E-state index contributed by atoms with van der Waals surface area (Å²) in [7, 11) is 0. The Kier molecular flexibility index (Phi) is 4.70. The topological polar surface area (TPSA) is 59.8 Å². The van der Waals surface area contributed by atoms with E-state index in [1.54, 1.807) is 11.0 Å². The van der Waals surface area contributed by atoms with E-state index in [-0.39, 0.29) is 5.91 Å². The second-order valence-electron chi connectivity index (χ2n) is 5.90. The Labute approximate surface area is 141 Å². The fourth-order valence-corrected chi connectivity index (χ4v) is 2.58. The van der Waals surface area contributed by atoms with Gasteiger partial charge in [-0.1, -0.05) is 35.9 Å². The summed E-state index contributed by atoms with van der Waals surface area (Å²) in [6.07, 6.45) is 3.18. The molecule has 1 N–H and O–H groups in total. The van der Waals surface area contributed by atoms with Crippen LogP contribution in [0.15, 0.2) is 55.1 Å². The highest BCUT2D eigenvalue weighted by atomic mass is 16.1. The summed E-state index contributed by atoms with van der Waals surface area (Å²) >= 11 is 0. The van der Waals surface area contributed by atoms with Crippen molar-refractivity contribution in [1.29, 1.82) is 0 Å². The third kappa shape index (κ3) is 3.87. The van der Waals surface area contributed by atoms with Gasteiger partial charge in [-0.15, -0.1) is 0 Å². The molecular weight excluding hydrogens is 300 g/mol. The molecule has 0 aliphatic heterocycles. The van der Waals surface area contributed by atoms with Crippen molar-refractivity contribution in [2.24, 2.45) is 0 Å². The van der Waals surface area contributed by atoms with Crippen LogP contribution in [0.1, 0.15) is 32.6 Å². The van der Waals surface area contributed by atoms with Gasteiger partial charge in [-0.25, -0.2) is 9.67 Å². The molecule has 0 atom stereocenters. The molecule has 3 aromatic rings. The first-order chi connectivity index (χ1) is 11.6. The molecule has 0 saturated carbocycles. The average Bonchev–Trinajstić information content (AvgIpc) is 3.07. The molecule has 2 aromatic carbocycles. The molecule has 0 aliphatic carbocycles. The van der Waals surface area contributed by atoms with E-state index in [9.17, 15) is 4.79 Å². The quantitative estimate of drug-likeness (QED) is 0.786. The molecule has 0 unspecified atom stereocenters. The second kappa shape index (κ2) is 7.08. The molecule has 5 nitrogen and oxygen atoms in total. The fourth-order valence-electron chi connectivity index (χ4n) is 2.58. The highest BCUT2D eigenvalue weighted by Gasteiger charge is 2.07. The third-order valence-electron chi connectivity index (χ3n) is 3.96. The van der Waals surface area contributed by atoms with E-state index < -0.39 is 0 Å². The molecule has 1 amide bonds. The highest BCUT2D eigenvalue weighted by Crippen LogP contribution is 2.11. The zero-order chi connectivity index (χ0) is 16.9. The molecule has 1 heterocycles. The molecule has 5 heteroatoms. The van der Waals surface area contributed by atoms with Gasteiger partial charge in [-0.3, -0.25) is 4.79 Å². The van der Waals surface area contributed by atoms with Crippen LogP contribution in [0.2, 0.25) is 0 Å². The van der Waals surface area contributed by atoms with Crippen molar-refractivity contribution in [2.75, 3.05) is 0 Å². The number of amides is 1. The summed E-state index contributed by atoms with van der Waals surface area (Å²) in [5.74, 6) is -0.0673. The van der Waals surface area contributed by atoms with Gasteiger partial charge in [0.2, 0.25) is 0 Å². The van der Waals surface area contributed by atoms with Gasteiger partial charge >= 0.3 is 0 Å². The first kappa shape index (κ1) is 15.9. The van der Waals surface area contributed by atoms with E-state index in [0.717, 1.165) is 11.1 Å². The maximum absolute atomic E-state index is 12.3. The smallest absolute Gasteiger partial charge is 0.251 e. The van der Waals surface area contributed by atoms with Crippen molar-refractivity contribution in [3.8, 4) is 0 Å². The van der Waals surface area contributed by atoms with E-state index in [1.165, 1.54) is 17.5 Å². The summed E-state index contributed by atoms with van der Waals surface area (Å²) < 4.78 is 1.75.